The van der Waals surface area contributed by atoms with Gasteiger partial charge in [0.25, 0.3) is 15.9 Å². The first kappa shape index (κ1) is 23.9. The number of carbonyl (C=O) groups is 1. The van der Waals surface area contributed by atoms with Gasteiger partial charge < -0.3 is 5.32 Å². The molecule has 0 heterocycles. The zero-order valence-corrected chi connectivity index (χ0v) is 20.1. The molecular weight excluding hydrogens is 440 g/mol. The van der Waals surface area contributed by atoms with Crippen molar-refractivity contribution in [2.24, 2.45) is 0 Å². The maximum absolute atomic E-state index is 12.9. The fourth-order valence-corrected chi connectivity index (χ4v) is 5.41. The van der Waals surface area contributed by atoms with E-state index >= 15 is 0 Å². The number of carbonyl (C=O) groups excluding carboxylic acids is 1. The van der Waals surface area contributed by atoms with Crippen molar-refractivity contribution in [3.05, 3.63) is 94.5 Å². The quantitative estimate of drug-likeness (QED) is 0.430. The summed E-state index contributed by atoms with van der Waals surface area (Å²) in [5, 5.41) is 2.88. The number of benzene rings is 3. The topological polar surface area (TPSA) is 75.3 Å². The van der Waals surface area contributed by atoms with Crippen molar-refractivity contribution in [2.45, 2.75) is 31.4 Å². The molecule has 0 bridgehead atoms. The average molecular weight is 469 g/mol. The van der Waals surface area contributed by atoms with E-state index in [0.29, 0.717) is 23.4 Å². The van der Waals surface area contributed by atoms with Gasteiger partial charge in [-0.2, -0.15) is 11.8 Å². The average Bonchev–Trinajstić information content (AvgIpc) is 2.73. The van der Waals surface area contributed by atoms with Gasteiger partial charge in [-0.25, -0.2) is 8.42 Å². The van der Waals surface area contributed by atoms with Crippen LogP contribution in [0.1, 0.15) is 32.6 Å². The first-order chi connectivity index (χ1) is 15.2. The van der Waals surface area contributed by atoms with Crippen LogP contribution < -0.4 is 10.0 Å². The van der Waals surface area contributed by atoms with E-state index < -0.39 is 10.0 Å². The molecule has 3 aromatic carbocycles. The summed E-state index contributed by atoms with van der Waals surface area (Å²) in [5.41, 5.74) is 4.84. The zero-order chi connectivity index (χ0) is 23.1. The van der Waals surface area contributed by atoms with Crippen LogP contribution in [-0.2, 0) is 15.8 Å². The number of anilines is 1. The Bertz CT molecular complexity index is 1210. The summed E-state index contributed by atoms with van der Waals surface area (Å²) < 4.78 is 28.4. The first-order valence-corrected chi connectivity index (χ1v) is 13.0. The molecule has 2 N–H and O–H groups in total. The van der Waals surface area contributed by atoms with Gasteiger partial charge >= 0.3 is 0 Å². The molecule has 5 nitrogen and oxygen atoms in total. The molecule has 32 heavy (non-hydrogen) atoms. The Balaban J connectivity index is 1.59. The van der Waals surface area contributed by atoms with Crippen LogP contribution in [0.4, 0.5) is 5.69 Å². The van der Waals surface area contributed by atoms with Crippen LogP contribution in [0.5, 0.6) is 0 Å². The number of hydrogen-bond acceptors (Lipinski definition) is 4. The van der Waals surface area contributed by atoms with Crippen LogP contribution in [0, 0.1) is 20.8 Å². The minimum absolute atomic E-state index is 0.0977. The lowest BCUT2D eigenvalue weighted by Crippen LogP contribution is -2.26. The molecule has 7 heteroatoms. The molecular formula is C25H28N2O3S2. The fourth-order valence-electron chi connectivity index (χ4n) is 3.28. The van der Waals surface area contributed by atoms with Gasteiger partial charge in [0.05, 0.1) is 4.90 Å². The first-order valence-electron chi connectivity index (χ1n) is 10.4. The molecule has 3 rings (SSSR count). The summed E-state index contributed by atoms with van der Waals surface area (Å²) in [6, 6.07) is 20.3. The summed E-state index contributed by atoms with van der Waals surface area (Å²) in [5.74, 6) is 1.37. The number of nitrogens with one attached hydrogen (secondary N) is 2. The lowest BCUT2D eigenvalue weighted by molar-refractivity contribution is 0.0956. The van der Waals surface area contributed by atoms with E-state index in [1.54, 1.807) is 49.0 Å². The SMILES string of the molecule is Cc1cccc(CSCCNC(=O)c2ccc(C)c(S(=O)(=O)Nc3cccc(C)c3)c2)c1. The van der Waals surface area contributed by atoms with Crippen molar-refractivity contribution in [1.82, 2.24) is 5.32 Å². The van der Waals surface area contributed by atoms with E-state index in [-0.39, 0.29) is 10.8 Å². The van der Waals surface area contributed by atoms with Crippen molar-refractivity contribution in [3.8, 4) is 0 Å². The van der Waals surface area contributed by atoms with E-state index in [2.05, 4.69) is 35.2 Å². The van der Waals surface area contributed by atoms with Crippen molar-refractivity contribution >= 4 is 33.4 Å². The van der Waals surface area contributed by atoms with Crippen molar-refractivity contribution in [2.75, 3.05) is 17.0 Å². The molecule has 0 aliphatic heterocycles. The van der Waals surface area contributed by atoms with E-state index in [4.69, 9.17) is 0 Å². The van der Waals surface area contributed by atoms with Crippen LogP contribution >= 0.6 is 11.8 Å². The molecule has 0 atom stereocenters. The smallest absolute Gasteiger partial charge is 0.262 e. The van der Waals surface area contributed by atoms with E-state index in [1.165, 1.54) is 17.2 Å². The number of sulfonamides is 1. The third-order valence-electron chi connectivity index (χ3n) is 4.89. The molecule has 0 saturated carbocycles. The number of amides is 1. The fraction of sp³-hybridized carbons (Fsp3) is 0.240. The van der Waals surface area contributed by atoms with Gasteiger partial charge in [0.1, 0.15) is 0 Å². The van der Waals surface area contributed by atoms with Crippen molar-refractivity contribution in [1.29, 1.82) is 0 Å². The predicted octanol–water partition coefficient (Wildman–Crippen LogP) is 5.08. The van der Waals surface area contributed by atoms with E-state index in [1.807, 2.05) is 19.1 Å². The van der Waals surface area contributed by atoms with Crippen LogP contribution in [-0.4, -0.2) is 26.6 Å². The number of thioether (sulfide) groups is 1. The molecule has 0 fully saturated rings. The van der Waals surface area contributed by atoms with Gasteiger partial charge in [0, 0.05) is 29.3 Å². The second kappa shape index (κ2) is 10.7. The second-order valence-electron chi connectivity index (χ2n) is 7.75. The normalized spacial score (nSPS) is 11.2. The molecule has 168 valence electrons. The number of rotatable bonds is 9. The van der Waals surface area contributed by atoms with E-state index in [9.17, 15) is 13.2 Å². The number of aryl methyl sites for hydroxylation is 3. The number of hydrogen-bond donors (Lipinski definition) is 2. The molecule has 0 aromatic heterocycles. The van der Waals surface area contributed by atoms with Gasteiger partial charge in [-0.1, -0.05) is 48.0 Å². The largest absolute Gasteiger partial charge is 0.351 e. The van der Waals surface area contributed by atoms with Crippen LogP contribution in [0.2, 0.25) is 0 Å². The zero-order valence-electron chi connectivity index (χ0n) is 18.5. The molecule has 0 spiro atoms. The van der Waals surface area contributed by atoms with Crippen LogP contribution in [0.25, 0.3) is 0 Å². The van der Waals surface area contributed by atoms with Crippen LogP contribution in [0.15, 0.2) is 71.6 Å². The van der Waals surface area contributed by atoms with Crippen molar-refractivity contribution in [3.63, 3.8) is 0 Å². The lowest BCUT2D eigenvalue weighted by Gasteiger charge is -2.13. The summed E-state index contributed by atoms with van der Waals surface area (Å²) in [6.07, 6.45) is 0. The monoisotopic (exact) mass is 468 g/mol. The Morgan fingerprint density at radius 3 is 2.34 bits per heavy atom. The van der Waals surface area contributed by atoms with Gasteiger partial charge in [0.2, 0.25) is 0 Å². The maximum Gasteiger partial charge on any atom is 0.262 e. The van der Waals surface area contributed by atoms with Gasteiger partial charge in [0.15, 0.2) is 0 Å². The second-order valence-corrected chi connectivity index (χ2v) is 10.5. The van der Waals surface area contributed by atoms with Crippen molar-refractivity contribution < 1.29 is 13.2 Å². The van der Waals surface area contributed by atoms with Gasteiger partial charge in [-0.05, 0) is 61.7 Å². The summed E-state index contributed by atoms with van der Waals surface area (Å²) in [4.78, 5) is 12.7. The van der Waals surface area contributed by atoms with Crippen LogP contribution in [0.3, 0.4) is 0 Å². The Hall–Kier alpha value is -2.77. The van der Waals surface area contributed by atoms with E-state index in [0.717, 1.165) is 17.1 Å². The molecule has 0 unspecified atom stereocenters. The summed E-state index contributed by atoms with van der Waals surface area (Å²) >= 11 is 1.74. The minimum Gasteiger partial charge on any atom is -0.351 e. The third-order valence-corrected chi connectivity index (χ3v) is 7.45. The highest BCUT2D eigenvalue weighted by Gasteiger charge is 2.19. The highest BCUT2D eigenvalue weighted by atomic mass is 32.2. The van der Waals surface area contributed by atoms with Gasteiger partial charge in [-0.3, -0.25) is 9.52 Å². The summed E-state index contributed by atoms with van der Waals surface area (Å²) in [7, 11) is -3.81. The lowest BCUT2D eigenvalue weighted by atomic mass is 10.1. The standard InChI is InChI=1S/C25H28N2O3S2/c1-18-6-4-8-21(14-18)17-31-13-12-26-25(28)22-11-10-20(3)24(16-22)32(29,30)27-23-9-5-7-19(2)15-23/h4-11,14-16,27H,12-13,17H2,1-3H3,(H,26,28). The van der Waals surface area contributed by atoms with Gasteiger partial charge in [-0.15, -0.1) is 0 Å². The Morgan fingerprint density at radius 1 is 0.906 bits per heavy atom. The Labute approximate surface area is 194 Å². The highest BCUT2D eigenvalue weighted by Crippen LogP contribution is 2.21. The predicted molar refractivity (Wildman–Crippen MR) is 133 cm³/mol. The Morgan fingerprint density at radius 2 is 1.62 bits per heavy atom. The minimum atomic E-state index is -3.81. The molecule has 0 aliphatic rings. The molecule has 3 aromatic rings. The molecule has 0 radical (unpaired) electrons. The molecule has 0 saturated heterocycles. The molecule has 1 amide bonds. The summed E-state index contributed by atoms with van der Waals surface area (Å²) in [6.45, 7) is 6.19. The third kappa shape index (κ3) is 6.61. The molecule has 0 aliphatic carbocycles. The maximum atomic E-state index is 12.9. The Kier molecular flexibility index (Phi) is 7.99. The highest BCUT2D eigenvalue weighted by molar-refractivity contribution is 7.98.